The third-order valence-corrected chi connectivity index (χ3v) is 4.77. The molecule has 0 bridgehead atoms. The van der Waals surface area contributed by atoms with Gasteiger partial charge in [-0.15, -0.1) is 0 Å². The highest BCUT2D eigenvalue weighted by atomic mass is 15.0. The number of hydrogen-bond donors (Lipinski definition) is 1. The lowest BCUT2D eigenvalue weighted by Gasteiger charge is -2.16. The maximum atomic E-state index is 4.91. The maximum absolute atomic E-state index is 4.91. The number of hydrogen-bond acceptors (Lipinski definition) is 3. The Morgan fingerprint density at radius 1 is 1.10 bits per heavy atom. The molecule has 2 saturated carbocycles. The zero-order chi connectivity index (χ0) is 14.2. The molecule has 1 heterocycles. The molecule has 0 aliphatic heterocycles. The van der Waals surface area contributed by atoms with E-state index in [4.69, 9.17) is 9.97 Å². The molecule has 2 fully saturated rings. The largest absolute Gasteiger partial charge is 0.314 e. The summed E-state index contributed by atoms with van der Waals surface area (Å²) in [5, 5.41) is 3.61. The van der Waals surface area contributed by atoms with E-state index < -0.39 is 0 Å². The number of aryl methyl sites for hydroxylation is 2. The van der Waals surface area contributed by atoms with Gasteiger partial charge in [-0.25, -0.2) is 9.97 Å². The molecule has 0 saturated heterocycles. The summed E-state index contributed by atoms with van der Waals surface area (Å²) >= 11 is 0. The smallest absolute Gasteiger partial charge is 0.134 e. The summed E-state index contributed by atoms with van der Waals surface area (Å²) in [7, 11) is 0. The van der Waals surface area contributed by atoms with Crippen LogP contribution in [0.4, 0.5) is 0 Å². The molecule has 2 aliphatic carbocycles. The molecule has 0 atom stereocenters. The van der Waals surface area contributed by atoms with Crippen molar-refractivity contribution < 1.29 is 0 Å². The van der Waals surface area contributed by atoms with E-state index in [1.54, 1.807) is 0 Å². The van der Waals surface area contributed by atoms with Crippen molar-refractivity contribution in [3.05, 3.63) is 22.8 Å². The van der Waals surface area contributed by atoms with Gasteiger partial charge in [-0.3, -0.25) is 0 Å². The monoisotopic (exact) mass is 273 g/mol. The molecule has 1 aromatic rings. The summed E-state index contributed by atoms with van der Waals surface area (Å²) in [6, 6.07) is 0.788. The van der Waals surface area contributed by atoms with E-state index in [0.717, 1.165) is 37.7 Å². The van der Waals surface area contributed by atoms with E-state index >= 15 is 0 Å². The van der Waals surface area contributed by atoms with E-state index in [9.17, 15) is 0 Å². The fourth-order valence-electron chi connectivity index (χ4n) is 2.83. The van der Waals surface area contributed by atoms with Gasteiger partial charge in [-0.2, -0.15) is 0 Å². The third-order valence-electron chi connectivity index (χ3n) is 4.77. The molecule has 20 heavy (non-hydrogen) atoms. The van der Waals surface area contributed by atoms with Crippen LogP contribution >= 0.6 is 0 Å². The van der Waals surface area contributed by atoms with Gasteiger partial charge < -0.3 is 5.32 Å². The normalized spacial score (nSPS) is 20.1. The predicted octanol–water partition coefficient (Wildman–Crippen LogP) is 2.95. The van der Waals surface area contributed by atoms with Crippen molar-refractivity contribution in [1.82, 2.24) is 15.3 Å². The summed E-state index contributed by atoms with van der Waals surface area (Å²) in [6.45, 7) is 7.82. The van der Waals surface area contributed by atoms with Crippen LogP contribution in [0.5, 0.6) is 0 Å². The van der Waals surface area contributed by atoms with E-state index in [1.165, 1.54) is 42.6 Å². The van der Waals surface area contributed by atoms with E-state index in [1.807, 2.05) is 0 Å². The van der Waals surface area contributed by atoms with Gasteiger partial charge in [0.05, 0.1) is 0 Å². The standard InChI is InChI=1S/C17H27N3/c1-4-14-13(8-11-18-12-6-7-12)15(5-2)20-16(19-14)17(3)9-10-17/h12,18H,4-11H2,1-3H3. The first-order valence-electron chi connectivity index (χ1n) is 8.29. The average Bonchev–Trinajstić information content (AvgIpc) is 3.36. The molecule has 3 heteroatoms. The van der Waals surface area contributed by atoms with Crippen molar-refractivity contribution in [3.63, 3.8) is 0 Å². The van der Waals surface area contributed by atoms with Crippen LogP contribution in [0.25, 0.3) is 0 Å². The van der Waals surface area contributed by atoms with Crippen molar-refractivity contribution in [1.29, 1.82) is 0 Å². The van der Waals surface area contributed by atoms with E-state index in [-0.39, 0.29) is 5.41 Å². The molecule has 0 aromatic carbocycles. The summed E-state index contributed by atoms with van der Waals surface area (Å²) in [5.74, 6) is 1.10. The van der Waals surface area contributed by atoms with Crippen LogP contribution in [0.15, 0.2) is 0 Å². The Bertz CT molecular complexity index is 462. The van der Waals surface area contributed by atoms with Gasteiger partial charge in [-0.1, -0.05) is 20.8 Å². The molecule has 110 valence electrons. The minimum absolute atomic E-state index is 0.276. The van der Waals surface area contributed by atoms with Crippen molar-refractivity contribution in [3.8, 4) is 0 Å². The van der Waals surface area contributed by atoms with Crippen molar-refractivity contribution >= 4 is 0 Å². The lowest BCUT2D eigenvalue weighted by Crippen LogP contribution is -2.22. The molecule has 0 unspecified atom stereocenters. The lowest BCUT2D eigenvalue weighted by atomic mass is 10.0. The van der Waals surface area contributed by atoms with Crippen LogP contribution in [-0.2, 0) is 24.7 Å². The van der Waals surface area contributed by atoms with Gasteiger partial charge in [-0.05, 0) is 57.1 Å². The molecule has 1 N–H and O–H groups in total. The number of aromatic nitrogens is 2. The third kappa shape index (κ3) is 2.88. The minimum atomic E-state index is 0.276. The van der Waals surface area contributed by atoms with Crippen LogP contribution in [0, 0.1) is 0 Å². The zero-order valence-corrected chi connectivity index (χ0v) is 13.1. The first-order chi connectivity index (χ1) is 9.66. The zero-order valence-electron chi connectivity index (χ0n) is 13.1. The first-order valence-corrected chi connectivity index (χ1v) is 8.29. The number of nitrogens with one attached hydrogen (secondary N) is 1. The fourth-order valence-corrected chi connectivity index (χ4v) is 2.83. The number of rotatable bonds is 7. The molecule has 0 spiro atoms. The molecule has 0 radical (unpaired) electrons. The highest BCUT2D eigenvalue weighted by Crippen LogP contribution is 2.46. The minimum Gasteiger partial charge on any atom is -0.314 e. The van der Waals surface area contributed by atoms with Gasteiger partial charge in [0.15, 0.2) is 0 Å². The van der Waals surface area contributed by atoms with Crippen molar-refractivity contribution in [2.45, 2.75) is 77.2 Å². The van der Waals surface area contributed by atoms with Crippen LogP contribution in [0.3, 0.4) is 0 Å². The van der Waals surface area contributed by atoms with E-state index in [0.29, 0.717) is 0 Å². The lowest BCUT2D eigenvalue weighted by molar-refractivity contribution is 0.651. The van der Waals surface area contributed by atoms with Gasteiger partial charge in [0.1, 0.15) is 5.82 Å². The molecular weight excluding hydrogens is 246 g/mol. The fraction of sp³-hybridized carbons (Fsp3) is 0.765. The Labute approximate surface area is 122 Å². The van der Waals surface area contributed by atoms with Gasteiger partial charge in [0.2, 0.25) is 0 Å². The van der Waals surface area contributed by atoms with Crippen LogP contribution in [-0.4, -0.2) is 22.6 Å². The quantitative estimate of drug-likeness (QED) is 0.830. The molecule has 3 nitrogen and oxygen atoms in total. The van der Waals surface area contributed by atoms with Crippen LogP contribution in [0.1, 0.15) is 69.2 Å². The summed E-state index contributed by atoms with van der Waals surface area (Å²) in [4.78, 5) is 9.82. The second-order valence-electron chi connectivity index (χ2n) is 6.67. The Morgan fingerprint density at radius 2 is 1.70 bits per heavy atom. The van der Waals surface area contributed by atoms with E-state index in [2.05, 4.69) is 26.1 Å². The SMILES string of the molecule is CCc1nc(C2(C)CC2)nc(CC)c1CCNC1CC1. The Hall–Kier alpha value is -0.960. The molecule has 0 amide bonds. The average molecular weight is 273 g/mol. The van der Waals surface area contributed by atoms with Crippen LogP contribution in [0.2, 0.25) is 0 Å². The van der Waals surface area contributed by atoms with Gasteiger partial charge in [0, 0.05) is 22.8 Å². The maximum Gasteiger partial charge on any atom is 0.134 e. The van der Waals surface area contributed by atoms with Gasteiger partial charge >= 0.3 is 0 Å². The molecule has 1 aromatic heterocycles. The topological polar surface area (TPSA) is 37.8 Å². The molecule has 2 aliphatic rings. The Morgan fingerprint density at radius 3 is 2.15 bits per heavy atom. The highest BCUT2D eigenvalue weighted by Gasteiger charge is 2.42. The Kier molecular flexibility index (Phi) is 3.80. The predicted molar refractivity (Wildman–Crippen MR) is 82.1 cm³/mol. The highest BCUT2D eigenvalue weighted by molar-refractivity contribution is 5.30. The second kappa shape index (κ2) is 5.44. The second-order valence-corrected chi connectivity index (χ2v) is 6.67. The summed E-state index contributed by atoms with van der Waals surface area (Å²) in [5.41, 5.74) is 4.27. The van der Waals surface area contributed by atoms with Crippen LogP contribution < -0.4 is 5.32 Å². The first kappa shape index (κ1) is 14.0. The Balaban J connectivity index is 1.81. The number of nitrogens with zero attached hydrogens (tertiary/aromatic N) is 2. The van der Waals surface area contributed by atoms with Gasteiger partial charge in [0.25, 0.3) is 0 Å². The molecular formula is C17H27N3. The summed E-state index contributed by atoms with van der Waals surface area (Å²) < 4.78 is 0. The molecule has 3 rings (SSSR count). The van der Waals surface area contributed by atoms with Crippen molar-refractivity contribution in [2.75, 3.05) is 6.54 Å². The summed E-state index contributed by atoms with van der Waals surface area (Å²) in [6.07, 6.45) is 8.35. The van der Waals surface area contributed by atoms with Crippen molar-refractivity contribution in [2.24, 2.45) is 0 Å².